The number of carbonyl (C=O) groups excluding carboxylic acids is 4. The number of carbonyl (C=O) groups is 4. The molecule has 0 radical (unpaired) electrons. The lowest BCUT2D eigenvalue weighted by atomic mass is 9.55. The Morgan fingerprint density at radius 1 is 0.838 bits per heavy atom. The van der Waals surface area contributed by atoms with Gasteiger partial charge in [0.05, 0.1) is 5.56 Å². The zero-order chi connectivity index (χ0) is 27.1. The molecule has 4 atom stereocenters. The largest absolute Gasteiger partial charge is 0.454 e. The molecule has 0 fully saturated rings. The van der Waals surface area contributed by atoms with Crippen molar-refractivity contribution in [1.29, 1.82) is 0 Å². The number of ether oxygens (including phenoxy) is 3. The van der Waals surface area contributed by atoms with Crippen molar-refractivity contribution in [2.75, 3.05) is 0 Å². The number of benzene rings is 2. The SMILES string of the molecule is CC(=O)O[C@@H]1C2=C(C)C(=O)C[C@@](O)([C@@H](OC(=O)c3ccccc3)c3ccccc3[C@H]1OC(C)=O)C2(C)C. The molecule has 0 amide bonds. The zero-order valence-electron chi connectivity index (χ0n) is 21.4. The fourth-order valence-electron chi connectivity index (χ4n) is 5.53. The molecule has 2 aromatic carbocycles. The van der Waals surface area contributed by atoms with E-state index >= 15 is 0 Å². The molecule has 4 rings (SSSR count). The van der Waals surface area contributed by atoms with Crippen LogP contribution in [0.4, 0.5) is 0 Å². The first kappa shape index (κ1) is 26.3. The number of rotatable bonds is 4. The van der Waals surface area contributed by atoms with Gasteiger partial charge in [-0.25, -0.2) is 4.79 Å². The molecule has 37 heavy (non-hydrogen) atoms. The van der Waals surface area contributed by atoms with Crippen LogP contribution in [-0.2, 0) is 28.6 Å². The van der Waals surface area contributed by atoms with E-state index in [4.69, 9.17) is 14.2 Å². The number of hydrogen-bond donors (Lipinski definition) is 1. The van der Waals surface area contributed by atoms with Crippen molar-refractivity contribution in [3.05, 3.63) is 82.4 Å². The Balaban J connectivity index is 2.03. The molecule has 8 heteroatoms. The zero-order valence-corrected chi connectivity index (χ0v) is 21.4. The Kier molecular flexibility index (Phi) is 6.81. The summed E-state index contributed by atoms with van der Waals surface area (Å²) in [4.78, 5) is 51.1. The fraction of sp³-hybridized carbons (Fsp3) is 0.379. The number of aliphatic hydroxyl groups is 1. The Hall–Kier alpha value is -3.78. The predicted molar refractivity (Wildman–Crippen MR) is 132 cm³/mol. The van der Waals surface area contributed by atoms with E-state index in [1.54, 1.807) is 75.4 Å². The van der Waals surface area contributed by atoms with Crippen molar-refractivity contribution in [3.8, 4) is 0 Å². The van der Waals surface area contributed by atoms with Crippen molar-refractivity contribution in [3.63, 3.8) is 0 Å². The van der Waals surface area contributed by atoms with E-state index in [1.807, 2.05) is 0 Å². The summed E-state index contributed by atoms with van der Waals surface area (Å²) in [6.45, 7) is 7.46. The van der Waals surface area contributed by atoms with E-state index in [0.29, 0.717) is 22.3 Å². The van der Waals surface area contributed by atoms with Crippen molar-refractivity contribution in [1.82, 2.24) is 0 Å². The van der Waals surface area contributed by atoms with Gasteiger partial charge in [-0.05, 0) is 30.2 Å². The van der Waals surface area contributed by atoms with Gasteiger partial charge in [0, 0.05) is 36.8 Å². The number of hydrogen-bond acceptors (Lipinski definition) is 8. The first-order valence-electron chi connectivity index (χ1n) is 12.0. The minimum Gasteiger partial charge on any atom is -0.454 e. The normalized spacial score (nSPS) is 26.3. The molecule has 2 aliphatic rings. The van der Waals surface area contributed by atoms with Gasteiger partial charge < -0.3 is 19.3 Å². The molecule has 0 aromatic heterocycles. The Labute approximate surface area is 215 Å². The van der Waals surface area contributed by atoms with Crippen molar-refractivity contribution in [2.24, 2.45) is 5.41 Å². The lowest BCUT2D eigenvalue weighted by molar-refractivity contribution is -0.181. The highest BCUT2D eigenvalue weighted by Gasteiger charge is 2.62. The second-order valence-electron chi connectivity index (χ2n) is 10.0. The Bertz CT molecular complexity index is 1290. The summed E-state index contributed by atoms with van der Waals surface area (Å²) in [5.41, 5.74) is -1.56. The maximum Gasteiger partial charge on any atom is 0.338 e. The summed E-state index contributed by atoms with van der Waals surface area (Å²) in [5, 5.41) is 12.4. The summed E-state index contributed by atoms with van der Waals surface area (Å²) in [6, 6.07) is 15.0. The third kappa shape index (κ3) is 4.46. The molecule has 0 unspecified atom stereocenters. The number of ketones is 1. The van der Waals surface area contributed by atoms with Crippen LogP contribution in [-0.4, -0.2) is 40.5 Å². The minimum atomic E-state index is -1.92. The van der Waals surface area contributed by atoms with E-state index in [-0.39, 0.29) is 12.0 Å². The van der Waals surface area contributed by atoms with Gasteiger partial charge in [0.2, 0.25) is 0 Å². The maximum absolute atomic E-state index is 13.3. The van der Waals surface area contributed by atoms with Gasteiger partial charge in [-0.3, -0.25) is 14.4 Å². The van der Waals surface area contributed by atoms with Gasteiger partial charge in [-0.15, -0.1) is 0 Å². The molecule has 0 saturated heterocycles. The van der Waals surface area contributed by atoms with Crippen LogP contribution in [0.2, 0.25) is 0 Å². The average molecular weight is 507 g/mol. The van der Waals surface area contributed by atoms with Crippen LogP contribution in [0.5, 0.6) is 0 Å². The quantitative estimate of drug-likeness (QED) is 0.485. The average Bonchev–Trinajstić information content (AvgIpc) is 2.84. The number of fused-ring (bicyclic) bond motifs is 3. The van der Waals surface area contributed by atoms with Crippen LogP contribution < -0.4 is 0 Å². The van der Waals surface area contributed by atoms with E-state index in [2.05, 4.69) is 0 Å². The first-order valence-corrected chi connectivity index (χ1v) is 12.0. The van der Waals surface area contributed by atoms with Crippen molar-refractivity contribution in [2.45, 2.75) is 65.0 Å². The third-order valence-electron chi connectivity index (χ3n) is 7.41. The molecule has 0 heterocycles. The molecule has 0 saturated carbocycles. The van der Waals surface area contributed by atoms with Gasteiger partial charge in [-0.1, -0.05) is 56.3 Å². The minimum absolute atomic E-state index is 0.270. The highest BCUT2D eigenvalue weighted by molar-refractivity contribution is 5.98. The second kappa shape index (κ2) is 9.59. The predicted octanol–water partition coefficient (Wildman–Crippen LogP) is 4.18. The van der Waals surface area contributed by atoms with E-state index < -0.39 is 53.0 Å². The van der Waals surface area contributed by atoms with E-state index in [1.165, 1.54) is 13.8 Å². The molecule has 0 spiro atoms. The van der Waals surface area contributed by atoms with Gasteiger partial charge in [0.15, 0.2) is 24.1 Å². The topological polar surface area (TPSA) is 116 Å². The molecule has 0 aliphatic heterocycles. The molecule has 2 aromatic rings. The molecule has 2 bridgehead atoms. The van der Waals surface area contributed by atoms with Crippen LogP contribution in [0.25, 0.3) is 0 Å². The van der Waals surface area contributed by atoms with E-state index in [0.717, 1.165) is 0 Å². The lowest BCUT2D eigenvalue weighted by Gasteiger charge is -2.54. The molecular weight excluding hydrogens is 476 g/mol. The number of esters is 3. The van der Waals surface area contributed by atoms with Gasteiger partial charge in [-0.2, -0.15) is 0 Å². The second-order valence-corrected chi connectivity index (χ2v) is 10.0. The van der Waals surface area contributed by atoms with Crippen LogP contribution >= 0.6 is 0 Å². The van der Waals surface area contributed by atoms with Gasteiger partial charge >= 0.3 is 17.9 Å². The number of allylic oxidation sites excluding steroid dienone is 1. The highest BCUT2D eigenvalue weighted by atomic mass is 16.6. The third-order valence-corrected chi connectivity index (χ3v) is 7.41. The molecule has 194 valence electrons. The fourth-order valence-corrected chi connectivity index (χ4v) is 5.53. The summed E-state index contributed by atoms with van der Waals surface area (Å²) < 4.78 is 17.4. The summed E-state index contributed by atoms with van der Waals surface area (Å²) in [5.74, 6) is -2.37. The molecule has 1 N–H and O–H groups in total. The summed E-state index contributed by atoms with van der Waals surface area (Å²) >= 11 is 0. The van der Waals surface area contributed by atoms with Gasteiger partial charge in [0.25, 0.3) is 0 Å². The van der Waals surface area contributed by atoms with Crippen LogP contribution in [0.15, 0.2) is 65.7 Å². The van der Waals surface area contributed by atoms with Crippen LogP contribution in [0.1, 0.15) is 74.7 Å². The highest BCUT2D eigenvalue weighted by Crippen LogP contribution is 2.58. The first-order chi connectivity index (χ1) is 17.4. The monoisotopic (exact) mass is 506 g/mol. The van der Waals surface area contributed by atoms with Crippen LogP contribution in [0, 0.1) is 5.41 Å². The molecule has 2 aliphatic carbocycles. The molecule has 8 nitrogen and oxygen atoms in total. The smallest absolute Gasteiger partial charge is 0.338 e. The summed E-state index contributed by atoms with van der Waals surface area (Å²) in [6.07, 6.45) is -3.99. The van der Waals surface area contributed by atoms with E-state index in [9.17, 15) is 24.3 Å². The Morgan fingerprint density at radius 3 is 1.97 bits per heavy atom. The van der Waals surface area contributed by atoms with Gasteiger partial charge in [0.1, 0.15) is 5.60 Å². The lowest BCUT2D eigenvalue weighted by Crippen LogP contribution is -2.59. The maximum atomic E-state index is 13.3. The summed E-state index contributed by atoms with van der Waals surface area (Å²) in [7, 11) is 0. The number of Topliss-reactive ketones (excluding diaryl/α,β-unsaturated/α-hetero) is 1. The van der Waals surface area contributed by atoms with Crippen molar-refractivity contribution >= 4 is 23.7 Å². The Morgan fingerprint density at radius 2 is 1.38 bits per heavy atom. The standard InChI is InChI=1S/C29H30O8/c1-16-22(32)15-29(34)26(37-27(33)19-11-7-6-8-12-19)21-14-10-9-13-20(21)24(35-17(2)30)25(36-18(3)31)23(16)28(29,4)5/h6-14,24-26,34H,15H2,1-5H3/t24-,25-,26+,29-/m1/s1. The van der Waals surface area contributed by atoms with Crippen molar-refractivity contribution < 1.29 is 38.5 Å². The van der Waals surface area contributed by atoms with Crippen LogP contribution in [0.3, 0.4) is 0 Å². The molecular formula is C29H30O8.